The first-order valence-corrected chi connectivity index (χ1v) is 4.76. The number of imidazole rings is 1. The predicted octanol–water partition coefficient (Wildman–Crippen LogP) is 1.42. The molecule has 0 atom stereocenters. The summed E-state index contributed by atoms with van der Waals surface area (Å²) in [6.07, 6.45) is 2.07. The number of rotatable bonds is 2. The largest absolute Gasteiger partial charge is 0.314 e. The van der Waals surface area contributed by atoms with Crippen molar-refractivity contribution in [3.63, 3.8) is 0 Å². The molecule has 0 unspecified atom stereocenters. The molecule has 0 radical (unpaired) electrons. The van der Waals surface area contributed by atoms with Crippen LogP contribution in [0.3, 0.4) is 0 Å². The number of fused-ring (bicyclic) bond motifs is 1. The zero-order valence-electron chi connectivity index (χ0n) is 7.16. The second-order valence-corrected chi connectivity index (χ2v) is 3.63. The van der Waals surface area contributed by atoms with Gasteiger partial charge in [0.1, 0.15) is 0 Å². The van der Waals surface area contributed by atoms with Crippen LogP contribution in [0.25, 0.3) is 4.96 Å². The first-order chi connectivity index (χ1) is 5.81. The van der Waals surface area contributed by atoms with Crippen LogP contribution in [0.4, 0.5) is 0 Å². The van der Waals surface area contributed by atoms with Gasteiger partial charge in [0.15, 0.2) is 4.96 Å². The van der Waals surface area contributed by atoms with E-state index in [2.05, 4.69) is 26.3 Å². The average molecular weight is 181 g/mol. The number of hydrogen-bond acceptors (Lipinski definition) is 3. The number of aryl methyl sites for hydroxylation is 1. The third kappa shape index (κ3) is 1.13. The SMILES string of the molecule is CNCc1csc2nc(C)cn12. The first-order valence-electron chi connectivity index (χ1n) is 3.88. The molecule has 2 heterocycles. The maximum atomic E-state index is 4.37. The number of thiazole rings is 1. The van der Waals surface area contributed by atoms with Gasteiger partial charge in [0, 0.05) is 23.8 Å². The Morgan fingerprint density at radius 1 is 1.67 bits per heavy atom. The zero-order chi connectivity index (χ0) is 8.55. The fourth-order valence-corrected chi connectivity index (χ4v) is 2.17. The molecule has 0 aliphatic carbocycles. The van der Waals surface area contributed by atoms with Crippen molar-refractivity contribution < 1.29 is 0 Å². The van der Waals surface area contributed by atoms with E-state index in [0.29, 0.717) is 0 Å². The highest BCUT2D eigenvalue weighted by atomic mass is 32.1. The van der Waals surface area contributed by atoms with E-state index in [-0.39, 0.29) is 0 Å². The lowest BCUT2D eigenvalue weighted by molar-refractivity contribution is 0.784. The molecular weight excluding hydrogens is 170 g/mol. The Labute approximate surface area is 75.1 Å². The second-order valence-electron chi connectivity index (χ2n) is 2.79. The molecule has 1 N–H and O–H groups in total. The molecule has 12 heavy (non-hydrogen) atoms. The summed E-state index contributed by atoms with van der Waals surface area (Å²) in [6.45, 7) is 2.92. The van der Waals surface area contributed by atoms with E-state index < -0.39 is 0 Å². The van der Waals surface area contributed by atoms with Crippen LogP contribution in [-0.2, 0) is 6.54 Å². The van der Waals surface area contributed by atoms with Gasteiger partial charge in [-0.2, -0.15) is 0 Å². The van der Waals surface area contributed by atoms with Gasteiger partial charge < -0.3 is 5.32 Å². The maximum Gasteiger partial charge on any atom is 0.194 e. The van der Waals surface area contributed by atoms with Crippen LogP contribution in [0.1, 0.15) is 11.4 Å². The van der Waals surface area contributed by atoms with E-state index in [1.807, 2.05) is 14.0 Å². The van der Waals surface area contributed by atoms with E-state index in [0.717, 1.165) is 17.2 Å². The smallest absolute Gasteiger partial charge is 0.194 e. The minimum atomic E-state index is 0.899. The van der Waals surface area contributed by atoms with Crippen LogP contribution in [0, 0.1) is 6.92 Å². The van der Waals surface area contributed by atoms with Gasteiger partial charge in [0.25, 0.3) is 0 Å². The second kappa shape index (κ2) is 2.88. The Bertz CT molecular complexity index is 388. The summed E-state index contributed by atoms with van der Waals surface area (Å²) in [5, 5.41) is 5.27. The van der Waals surface area contributed by atoms with E-state index in [1.165, 1.54) is 5.69 Å². The molecule has 0 aliphatic heterocycles. The number of hydrogen-bond donors (Lipinski definition) is 1. The molecule has 0 aromatic carbocycles. The van der Waals surface area contributed by atoms with Crippen molar-refractivity contribution in [2.45, 2.75) is 13.5 Å². The van der Waals surface area contributed by atoms with Crippen molar-refractivity contribution >= 4 is 16.3 Å². The van der Waals surface area contributed by atoms with Crippen molar-refractivity contribution in [3.8, 4) is 0 Å². The van der Waals surface area contributed by atoms with Crippen molar-refractivity contribution in [2.24, 2.45) is 0 Å². The summed E-state index contributed by atoms with van der Waals surface area (Å²) in [5.74, 6) is 0. The lowest BCUT2D eigenvalue weighted by Gasteiger charge is -1.95. The van der Waals surface area contributed by atoms with Gasteiger partial charge in [0.2, 0.25) is 0 Å². The van der Waals surface area contributed by atoms with Crippen LogP contribution in [0.2, 0.25) is 0 Å². The molecule has 0 saturated heterocycles. The van der Waals surface area contributed by atoms with E-state index >= 15 is 0 Å². The van der Waals surface area contributed by atoms with Gasteiger partial charge in [-0.3, -0.25) is 4.40 Å². The van der Waals surface area contributed by atoms with Gasteiger partial charge in [-0.25, -0.2) is 4.98 Å². The first kappa shape index (κ1) is 7.76. The van der Waals surface area contributed by atoms with Gasteiger partial charge >= 0.3 is 0 Å². The number of nitrogens with zero attached hydrogens (tertiary/aromatic N) is 2. The fraction of sp³-hybridized carbons (Fsp3) is 0.375. The Morgan fingerprint density at radius 3 is 3.25 bits per heavy atom. The molecule has 0 bridgehead atoms. The summed E-state index contributed by atoms with van der Waals surface area (Å²) in [6, 6.07) is 0. The molecule has 0 fully saturated rings. The van der Waals surface area contributed by atoms with Gasteiger partial charge in [-0.05, 0) is 14.0 Å². The standard InChI is InChI=1S/C8H11N3S/c1-6-4-11-7(3-9-2)5-12-8(11)10-6/h4-5,9H,3H2,1-2H3. The summed E-state index contributed by atoms with van der Waals surface area (Å²) in [7, 11) is 1.95. The molecule has 0 aliphatic rings. The molecule has 4 heteroatoms. The fourth-order valence-electron chi connectivity index (χ4n) is 1.25. The van der Waals surface area contributed by atoms with E-state index in [9.17, 15) is 0 Å². The Morgan fingerprint density at radius 2 is 2.50 bits per heavy atom. The lowest BCUT2D eigenvalue weighted by atomic mass is 10.5. The van der Waals surface area contributed by atoms with Crippen LogP contribution in [0.15, 0.2) is 11.6 Å². The summed E-state index contributed by atoms with van der Waals surface area (Å²) >= 11 is 1.69. The monoisotopic (exact) mass is 181 g/mol. The van der Waals surface area contributed by atoms with Crippen molar-refractivity contribution in [1.82, 2.24) is 14.7 Å². The molecule has 2 aromatic heterocycles. The van der Waals surface area contributed by atoms with Crippen molar-refractivity contribution in [1.29, 1.82) is 0 Å². The molecule has 2 aromatic rings. The molecular formula is C8H11N3S. The number of aromatic nitrogens is 2. The van der Waals surface area contributed by atoms with Crippen LogP contribution in [-0.4, -0.2) is 16.4 Å². The maximum absolute atomic E-state index is 4.37. The van der Waals surface area contributed by atoms with E-state index in [4.69, 9.17) is 0 Å². The third-order valence-corrected chi connectivity index (χ3v) is 2.65. The van der Waals surface area contributed by atoms with Crippen LogP contribution >= 0.6 is 11.3 Å². The van der Waals surface area contributed by atoms with Crippen LogP contribution < -0.4 is 5.32 Å². The summed E-state index contributed by atoms with van der Waals surface area (Å²) < 4.78 is 2.14. The molecule has 0 spiro atoms. The lowest BCUT2D eigenvalue weighted by Crippen LogP contribution is -2.06. The topological polar surface area (TPSA) is 29.3 Å². The van der Waals surface area contributed by atoms with Gasteiger partial charge in [-0.15, -0.1) is 11.3 Å². The summed E-state index contributed by atoms with van der Waals surface area (Å²) in [4.78, 5) is 5.45. The molecule has 2 rings (SSSR count). The van der Waals surface area contributed by atoms with Gasteiger partial charge in [0.05, 0.1) is 5.69 Å². The number of nitrogens with one attached hydrogen (secondary N) is 1. The highest BCUT2D eigenvalue weighted by molar-refractivity contribution is 7.15. The Hall–Kier alpha value is -0.870. The minimum absolute atomic E-state index is 0.899. The normalized spacial score (nSPS) is 11.2. The van der Waals surface area contributed by atoms with Gasteiger partial charge in [-0.1, -0.05) is 0 Å². The summed E-state index contributed by atoms with van der Waals surface area (Å²) in [5.41, 5.74) is 2.36. The Balaban J connectivity index is 2.53. The minimum Gasteiger partial charge on any atom is -0.314 e. The van der Waals surface area contributed by atoms with Crippen LogP contribution in [0.5, 0.6) is 0 Å². The van der Waals surface area contributed by atoms with Crippen molar-refractivity contribution in [2.75, 3.05) is 7.05 Å². The Kier molecular flexibility index (Phi) is 1.86. The third-order valence-electron chi connectivity index (χ3n) is 1.76. The highest BCUT2D eigenvalue weighted by Crippen LogP contribution is 2.15. The van der Waals surface area contributed by atoms with E-state index in [1.54, 1.807) is 11.3 Å². The molecule has 64 valence electrons. The zero-order valence-corrected chi connectivity index (χ0v) is 7.98. The van der Waals surface area contributed by atoms with Crippen molar-refractivity contribution in [3.05, 3.63) is 23.0 Å². The molecule has 0 saturated carbocycles. The predicted molar refractivity (Wildman–Crippen MR) is 50.6 cm³/mol. The molecule has 3 nitrogen and oxygen atoms in total. The quantitative estimate of drug-likeness (QED) is 0.759. The average Bonchev–Trinajstić information content (AvgIpc) is 2.52. The highest BCUT2D eigenvalue weighted by Gasteiger charge is 2.03. The molecule has 0 amide bonds.